The Morgan fingerprint density at radius 1 is 1.28 bits per heavy atom. The predicted molar refractivity (Wildman–Crippen MR) is 72.8 cm³/mol. The summed E-state index contributed by atoms with van der Waals surface area (Å²) in [4.78, 5) is 6.59. The lowest BCUT2D eigenvalue weighted by atomic mass is 10.1. The molecule has 0 saturated heterocycles. The quantitative estimate of drug-likeness (QED) is 0.754. The van der Waals surface area contributed by atoms with Gasteiger partial charge >= 0.3 is 0 Å². The maximum atomic E-state index is 5.98. The lowest BCUT2D eigenvalue weighted by Crippen LogP contribution is -2.32. The van der Waals surface area contributed by atoms with Gasteiger partial charge in [-0.2, -0.15) is 0 Å². The molecule has 0 radical (unpaired) electrons. The lowest BCUT2D eigenvalue weighted by Gasteiger charge is -2.26. The van der Waals surface area contributed by atoms with Gasteiger partial charge in [0.05, 0.1) is 13.2 Å². The Labute approximate surface area is 109 Å². The summed E-state index contributed by atoms with van der Waals surface area (Å²) < 4.78 is 10.3. The van der Waals surface area contributed by atoms with Crippen LogP contribution in [0.4, 0.5) is 5.82 Å². The molecule has 1 rings (SSSR count). The van der Waals surface area contributed by atoms with E-state index in [9.17, 15) is 0 Å². The monoisotopic (exact) mass is 253 g/mol. The Kier molecular flexibility index (Phi) is 6.64. The molecule has 0 unspecified atom stereocenters. The van der Waals surface area contributed by atoms with Crippen molar-refractivity contribution in [1.29, 1.82) is 0 Å². The molecule has 5 heteroatoms. The van der Waals surface area contributed by atoms with Crippen molar-refractivity contribution in [3.63, 3.8) is 0 Å². The highest BCUT2D eigenvalue weighted by atomic mass is 16.5. The minimum Gasteiger partial charge on any atom is -0.383 e. The van der Waals surface area contributed by atoms with E-state index in [0.717, 1.165) is 24.5 Å². The van der Waals surface area contributed by atoms with Gasteiger partial charge in [0, 0.05) is 45.1 Å². The highest BCUT2D eigenvalue weighted by molar-refractivity contribution is 5.48. The van der Waals surface area contributed by atoms with E-state index in [4.69, 9.17) is 15.2 Å². The minimum atomic E-state index is -0.0405. The molecular formula is C13H23N3O2. The summed E-state index contributed by atoms with van der Waals surface area (Å²) in [7, 11) is 3.39. The van der Waals surface area contributed by atoms with Gasteiger partial charge in [0.25, 0.3) is 0 Å². The molecule has 0 aliphatic heterocycles. The maximum Gasteiger partial charge on any atom is 0.133 e. The number of hydrogen-bond acceptors (Lipinski definition) is 5. The fraction of sp³-hybridized carbons (Fsp3) is 0.615. The summed E-state index contributed by atoms with van der Waals surface area (Å²) >= 11 is 0. The first-order valence-corrected chi connectivity index (χ1v) is 6.14. The van der Waals surface area contributed by atoms with Crippen LogP contribution in [0.1, 0.15) is 18.5 Å². The number of ether oxygens (including phenoxy) is 2. The fourth-order valence-electron chi connectivity index (χ4n) is 1.76. The summed E-state index contributed by atoms with van der Waals surface area (Å²) in [6.45, 7) is 4.82. The van der Waals surface area contributed by atoms with Crippen molar-refractivity contribution < 1.29 is 9.47 Å². The summed E-state index contributed by atoms with van der Waals surface area (Å²) in [6.07, 6.45) is 1.79. The third kappa shape index (κ3) is 4.25. The summed E-state index contributed by atoms with van der Waals surface area (Å²) in [5, 5.41) is 0. The molecule has 0 aliphatic rings. The van der Waals surface area contributed by atoms with E-state index in [1.54, 1.807) is 20.4 Å². The van der Waals surface area contributed by atoms with E-state index in [0.29, 0.717) is 13.2 Å². The van der Waals surface area contributed by atoms with Crippen molar-refractivity contribution in [1.82, 2.24) is 4.98 Å². The average molecular weight is 253 g/mol. The zero-order valence-corrected chi connectivity index (χ0v) is 11.4. The predicted octanol–water partition coefficient (Wildman–Crippen LogP) is 1.20. The van der Waals surface area contributed by atoms with E-state index in [2.05, 4.69) is 9.88 Å². The van der Waals surface area contributed by atoms with E-state index < -0.39 is 0 Å². The second-order valence-corrected chi connectivity index (χ2v) is 4.18. The molecular weight excluding hydrogens is 230 g/mol. The molecule has 5 nitrogen and oxygen atoms in total. The third-order valence-corrected chi connectivity index (χ3v) is 2.74. The number of anilines is 1. The van der Waals surface area contributed by atoms with E-state index in [1.807, 2.05) is 19.1 Å². The van der Waals surface area contributed by atoms with Crippen molar-refractivity contribution in [3.05, 3.63) is 23.9 Å². The van der Waals surface area contributed by atoms with Crippen molar-refractivity contribution in [3.8, 4) is 0 Å². The van der Waals surface area contributed by atoms with Crippen molar-refractivity contribution in [2.75, 3.05) is 45.4 Å². The molecule has 0 aromatic carbocycles. The number of pyridine rings is 1. The average Bonchev–Trinajstić information content (AvgIpc) is 2.39. The Morgan fingerprint density at radius 3 is 2.39 bits per heavy atom. The molecule has 1 atom stereocenters. The Hall–Kier alpha value is -1.17. The zero-order valence-electron chi connectivity index (χ0n) is 11.4. The van der Waals surface area contributed by atoms with Gasteiger partial charge in [-0.05, 0) is 13.0 Å². The highest BCUT2D eigenvalue weighted by Crippen LogP contribution is 2.21. The first-order valence-electron chi connectivity index (χ1n) is 6.14. The van der Waals surface area contributed by atoms with Gasteiger partial charge < -0.3 is 20.1 Å². The molecule has 2 N–H and O–H groups in total. The van der Waals surface area contributed by atoms with E-state index in [-0.39, 0.29) is 6.04 Å². The first-order chi connectivity index (χ1) is 8.70. The van der Waals surface area contributed by atoms with Gasteiger partial charge in [-0.25, -0.2) is 4.98 Å². The van der Waals surface area contributed by atoms with E-state index in [1.165, 1.54) is 0 Å². The second kappa shape index (κ2) is 8.02. The normalized spacial score (nSPS) is 12.4. The zero-order chi connectivity index (χ0) is 13.4. The van der Waals surface area contributed by atoms with E-state index >= 15 is 0 Å². The molecule has 1 heterocycles. The molecule has 0 saturated carbocycles. The topological polar surface area (TPSA) is 60.6 Å². The van der Waals surface area contributed by atoms with Crippen LogP contribution in [0, 0.1) is 0 Å². The number of methoxy groups -OCH3 is 2. The largest absolute Gasteiger partial charge is 0.383 e. The Balaban J connectivity index is 2.88. The summed E-state index contributed by atoms with van der Waals surface area (Å²) in [6, 6.07) is 3.88. The molecule has 102 valence electrons. The van der Waals surface area contributed by atoms with Gasteiger partial charge in [-0.3, -0.25) is 0 Å². The van der Waals surface area contributed by atoms with Gasteiger partial charge in [0.2, 0.25) is 0 Å². The van der Waals surface area contributed by atoms with Gasteiger partial charge in [0.1, 0.15) is 5.82 Å². The van der Waals surface area contributed by atoms with Crippen LogP contribution < -0.4 is 10.6 Å². The number of nitrogens with zero attached hydrogens (tertiary/aromatic N) is 2. The Morgan fingerprint density at radius 2 is 1.89 bits per heavy atom. The van der Waals surface area contributed by atoms with Crippen LogP contribution in [0.15, 0.2) is 18.3 Å². The Bertz CT molecular complexity index is 337. The van der Waals surface area contributed by atoms with Crippen LogP contribution in [0.3, 0.4) is 0 Å². The summed E-state index contributed by atoms with van der Waals surface area (Å²) in [5.41, 5.74) is 7.03. The standard InChI is InChI=1S/C13H23N3O2/c1-11(14)12-5-4-6-15-13(12)16(7-9-17-2)8-10-18-3/h4-6,11H,7-10,14H2,1-3H3/t11-/m1/s1. The van der Waals surface area contributed by atoms with Gasteiger partial charge in [-0.1, -0.05) is 6.07 Å². The maximum absolute atomic E-state index is 5.98. The first kappa shape index (κ1) is 14.9. The molecule has 0 aliphatic carbocycles. The lowest BCUT2D eigenvalue weighted by molar-refractivity contribution is 0.190. The van der Waals surface area contributed by atoms with Crippen molar-refractivity contribution >= 4 is 5.82 Å². The van der Waals surface area contributed by atoms with Gasteiger partial charge in [0.15, 0.2) is 0 Å². The van der Waals surface area contributed by atoms with Crippen molar-refractivity contribution in [2.45, 2.75) is 13.0 Å². The molecule has 0 fully saturated rings. The van der Waals surface area contributed by atoms with Crippen LogP contribution >= 0.6 is 0 Å². The summed E-state index contributed by atoms with van der Waals surface area (Å²) in [5.74, 6) is 0.918. The smallest absolute Gasteiger partial charge is 0.133 e. The third-order valence-electron chi connectivity index (χ3n) is 2.74. The SMILES string of the molecule is COCCN(CCOC)c1ncccc1[C@@H](C)N. The van der Waals surface area contributed by atoms with Gasteiger partial charge in [-0.15, -0.1) is 0 Å². The highest BCUT2D eigenvalue weighted by Gasteiger charge is 2.14. The molecule has 1 aromatic heterocycles. The molecule has 0 amide bonds. The fourth-order valence-corrected chi connectivity index (χ4v) is 1.76. The molecule has 1 aromatic rings. The van der Waals surface area contributed by atoms with Crippen LogP contribution in [-0.4, -0.2) is 45.5 Å². The number of aromatic nitrogens is 1. The second-order valence-electron chi connectivity index (χ2n) is 4.18. The molecule has 0 bridgehead atoms. The van der Waals surface area contributed by atoms with Crippen LogP contribution in [-0.2, 0) is 9.47 Å². The molecule has 18 heavy (non-hydrogen) atoms. The van der Waals surface area contributed by atoms with Crippen molar-refractivity contribution in [2.24, 2.45) is 5.73 Å². The number of rotatable bonds is 8. The number of nitrogens with two attached hydrogens (primary N) is 1. The van der Waals surface area contributed by atoms with Crippen LogP contribution in [0.25, 0.3) is 0 Å². The molecule has 0 spiro atoms. The van der Waals surface area contributed by atoms with Crippen LogP contribution in [0.5, 0.6) is 0 Å². The number of hydrogen-bond donors (Lipinski definition) is 1. The van der Waals surface area contributed by atoms with Crippen LogP contribution in [0.2, 0.25) is 0 Å². The minimum absolute atomic E-state index is 0.0405.